The van der Waals surface area contributed by atoms with Gasteiger partial charge >= 0.3 is 0 Å². The molecule has 2 rings (SSSR count). The molecule has 2 aromatic rings. The molecule has 96 valence electrons. The second kappa shape index (κ2) is 6.04. The zero-order valence-electron chi connectivity index (χ0n) is 10.0. The van der Waals surface area contributed by atoms with Gasteiger partial charge in [0.15, 0.2) is 0 Å². The molecule has 2 unspecified atom stereocenters. The number of benzene rings is 1. The van der Waals surface area contributed by atoms with E-state index in [1.165, 1.54) is 12.1 Å². The van der Waals surface area contributed by atoms with Crippen LogP contribution in [0.15, 0.2) is 35.8 Å². The van der Waals surface area contributed by atoms with E-state index in [2.05, 4.69) is 10.3 Å². The van der Waals surface area contributed by atoms with Crippen molar-refractivity contribution in [2.45, 2.75) is 19.1 Å². The summed E-state index contributed by atoms with van der Waals surface area (Å²) >= 11 is 1.58. The average molecular weight is 266 g/mol. The lowest BCUT2D eigenvalue weighted by Crippen LogP contribution is -2.24. The van der Waals surface area contributed by atoms with E-state index in [-0.39, 0.29) is 11.9 Å². The molecule has 0 radical (unpaired) electrons. The fourth-order valence-electron chi connectivity index (χ4n) is 1.63. The van der Waals surface area contributed by atoms with Crippen LogP contribution >= 0.6 is 11.3 Å². The summed E-state index contributed by atoms with van der Waals surface area (Å²) in [5.74, 6) is -0.296. The number of aliphatic hydroxyl groups excluding tert-OH is 1. The summed E-state index contributed by atoms with van der Waals surface area (Å²) in [6.07, 6.45) is 1.11. The van der Waals surface area contributed by atoms with Crippen molar-refractivity contribution in [2.24, 2.45) is 0 Å². The van der Waals surface area contributed by atoms with Crippen molar-refractivity contribution in [3.63, 3.8) is 0 Å². The van der Waals surface area contributed by atoms with Crippen molar-refractivity contribution in [1.82, 2.24) is 10.3 Å². The van der Waals surface area contributed by atoms with Crippen LogP contribution in [0.1, 0.15) is 29.6 Å². The highest BCUT2D eigenvalue weighted by Crippen LogP contribution is 2.17. The Bertz CT molecular complexity index is 472. The minimum atomic E-state index is -0.645. The van der Waals surface area contributed by atoms with Crippen molar-refractivity contribution >= 4 is 11.3 Å². The first-order chi connectivity index (χ1) is 8.66. The van der Waals surface area contributed by atoms with Gasteiger partial charge in [0.2, 0.25) is 0 Å². The number of thiazole rings is 1. The second-order valence-corrected chi connectivity index (χ2v) is 4.99. The van der Waals surface area contributed by atoms with Gasteiger partial charge in [-0.1, -0.05) is 12.1 Å². The number of nitrogens with one attached hydrogen (secondary N) is 1. The molecule has 0 amide bonds. The van der Waals surface area contributed by atoms with Gasteiger partial charge in [0.05, 0.1) is 12.1 Å². The molecule has 2 atom stereocenters. The van der Waals surface area contributed by atoms with E-state index in [1.54, 1.807) is 29.7 Å². The molecule has 0 saturated heterocycles. The van der Waals surface area contributed by atoms with Crippen molar-refractivity contribution in [3.8, 4) is 0 Å². The molecule has 2 N–H and O–H groups in total. The standard InChI is InChI=1S/C13H15FN2OS/c1-9(13-15-6-7-18-13)16-8-12(17)10-2-4-11(14)5-3-10/h2-7,9,12,16-17H,8H2,1H3. The van der Waals surface area contributed by atoms with Gasteiger partial charge in [0.1, 0.15) is 10.8 Å². The van der Waals surface area contributed by atoms with Crippen LogP contribution in [0.2, 0.25) is 0 Å². The van der Waals surface area contributed by atoms with Crippen LogP contribution in [0.25, 0.3) is 0 Å². The first-order valence-corrected chi connectivity index (χ1v) is 6.61. The van der Waals surface area contributed by atoms with Crippen LogP contribution in [0.3, 0.4) is 0 Å². The van der Waals surface area contributed by atoms with Crippen LogP contribution in [0, 0.1) is 5.82 Å². The number of aliphatic hydroxyl groups is 1. The fourth-order valence-corrected chi connectivity index (χ4v) is 2.30. The normalized spacial score (nSPS) is 14.4. The molecular formula is C13H15FN2OS. The van der Waals surface area contributed by atoms with Crippen molar-refractivity contribution < 1.29 is 9.50 Å². The lowest BCUT2D eigenvalue weighted by molar-refractivity contribution is 0.170. The number of rotatable bonds is 5. The van der Waals surface area contributed by atoms with E-state index in [0.29, 0.717) is 12.1 Å². The van der Waals surface area contributed by atoms with Gasteiger partial charge in [-0.05, 0) is 24.6 Å². The molecule has 1 heterocycles. The number of hydrogen-bond donors (Lipinski definition) is 2. The van der Waals surface area contributed by atoms with E-state index < -0.39 is 6.10 Å². The largest absolute Gasteiger partial charge is 0.387 e. The second-order valence-electron chi connectivity index (χ2n) is 4.07. The lowest BCUT2D eigenvalue weighted by Gasteiger charge is -2.15. The first kappa shape index (κ1) is 13.1. The minimum Gasteiger partial charge on any atom is -0.387 e. The molecule has 0 aliphatic heterocycles. The van der Waals surface area contributed by atoms with Crippen molar-refractivity contribution in [3.05, 3.63) is 52.2 Å². The van der Waals surface area contributed by atoms with Gasteiger partial charge in [-0.25, -0.2) is 9.37 Å². The Hall–Kier alpha value is -1.30. The zero-order valence-corrected chi connectivity index (χ0v) is 10.8. The molecular weight excluding hydrogens is 251 g/mol. The summed E-state index contributed by atoms with van der Waals surface area (Å²) in [4.78, 5) is 4.20. The topological polar surface area (TPSA) is 45.1 Å². The molecule has 5 heteroatoms. The van der Waals surface area contributed by atoms with E-state index in [4.69, 9.17) is 0 Å². The Morgan fingerprint density at radius 3 is 2.72 bits per heavy atom. The third-order valence-corrected chi connectivity index (χ3v) is 3.65. The van der Waals surface area contributed by atoms with Crippen LogP contribution in [0.5, 0.6) is 0 Å². The minimum absolute atomic E-state index is 0.0973. The maximum Gasteiger partial charge on any atom is 0.123 e. The molecule has 0 spiro atoms. The van der Waals surface area contributed by atoms with E-state index >= 15 is 0 Å². The Labute approximate surface area is 109 Å². The number of aromatic nitrogens is 1. The van der Waals surface area contributed by atoms with Crippen LogP contribution in [-0.2, 0) is 0 Å². The van der Waals surface area contributed by atoms with Crippen molar-refractivity contribution in [2.75, 3.05) is 6.54 Å². The zero-order chi connectivity index (χ0) is 13.0. The van der Waals surface area contributed by atoms with Gasteiger partial charge in [-0.3, -0.25) is 0 Å². The highest BCUT2D eigenvalue weighted by Gasteiger charge is 2.11. The maximum atomic E-state index is 12.7. The molecule has 0 saturated carbocycles. The smallest absolute Gasteiger partial charge is 0.123 e. The summed E-state index contributed by atoms with van der Waals surface area (Å²) in [6.45, 7) is 2.41. The maximum absolute atomic E-state index is 12.7. The predicted molar refractivity (Wildman–Crippen MR) is 69.9 cm³/mol. The number of hydrogen-bond acceptors (Lipinski definition) is 4. The van der Waals surface area contributed by atoms with Gasteiger partial charge in [-0.2, -0.15) is 0 Å². The molecule has 1 aromatic heterocycles. The van der Waals surface area contributed by atoms with E-state index in [0.717, 1.165) is 5.01 Å². The summed E-state index contributed by atoms with van der Waals surface area (Å²) in [5, 5.41) is 16.1. The molecule has 0 aliphatic carbocycles. The third kappa shape index (κ3) is 3.35. The molecule has 0 aliphatic rings. The van der Waals surface area contributed by atoms with Gasteiger partial charge in [-0.15, -0.1) is 11.3 Å². The first-order valence-electron chi connectivity index (χ1n) is 5.73. The summed E-state index contributed by atoms with van der Waals surface area (Å²) in [7, 11) is 0. The van der Waals surface area contributed by atoms with Crippen molar-refractivity contribution in [1.29, 1.82) is 0 Å². The molecule has 3 nitrogen and oxygen atoms in total. The highest BCUT2D eigenvalue weighted by atomic mass is 32.1. The summed E-state index contributed by atoms with van der Waals surface area (Å²) in [5.41, 5.74) is 0.704. The quantitative estimate of drug-likeness (QED) is 0.874. The van der Waals surface area contributed by atoms with Crippen LogP contribution in [0.4, 0.5) is 4.39 Å². The van der Waals surface area contributed by atoms with Gasteiger partial charge in [0.25, 0.3) is 0 Å². The average Bonchev–Trinajstić information content (AvgIpc) is 2.90. The highest BCUT2D eigenvalue weighted by molar-refractivity contribution is 7.09. The fraction of sp³-hybridized carbons (Fsp3) is 0.308. The lowest BCUT2D eigenvalue weighted by atomic mass is 10.1. The van der Waals surface area contributed by atoms with E-state index in [1.807, 2.05) is 12.3 Å². The Morgan fingerprint density at radius 2 is 2.11 bits per heavy atom. The predicted octanol–water partition coefficient (Wildman–Crippen LogP) is 2.67. The van der Waals surface area contributed by atoms with Crippen LogP contribution in [-0.4, -0.2) is 16.6 Å². The SMILES string of the molecule is CC(NCC(O)c1ccc(F)cc1)c1nccs1. The monoisotopic (exact) mass is 266 g/mol. The number of nitrogens with zero attached hydrogens (tertiary/aromatic N) is 1. The molecule has 0 bridgehead atoms. The molecule has 18 heavy (non-hydrogen) atoms. The Balaban J connectivity index is 1.88. The summed E-state index contributed by atoms with van der Waals surface area (Å²) in [6, 6.07) is 5.98. The van der Waals surface area contributed by atoms with E-state index in [9.17, 15) is 9.50 Å². The molecule has 1 aromatic carbocycles. The number of halogens is 1. The van der Waals surface area contributed by atoms with Crippen LogP contribution < -0.4 is 5.32 Å². The van der Waals surface area contributed by atoms with Gasteiger partial charge < -0.3 is 10.4 Å². The molecule has 0 fully saturated rings. The Morgan fingerprint density at radius 1 is 1.39 bits per heavy atom. The third-order valence-electron chi connectivity index (χ3n) is 2.69. The summed E-state index contributed by atoms with van der Waals surface area (Å²) < 4.78 is 12.7. The van der Waals surface area contributed by atoms with Gasteiger partial charge in [0, 0.05) is 18.1 Å². The Kier molecular flexibility index (Phi) is 4.41.